The normalized spacial score (nSPS) is 15.0. The first-order chi connectivity index (χ1) is 15.5. The Balaban J connectivity index is 1.41. The second-order valence-corrected chi connectivity index (χ2v) is 8.76. The van der Waals surface area contributed by atoms with Crippen LogP contribution in [0.4, 0.5) is 10.8 Å². The summed E-state index contributed by atoms with van der Waals surface area (Å²) in [5.41, 5.74) is 5.22. The van der Waals surface area contributed by atoms with Gasteiger partial charge in [0.15, 0.2) is 0 Å². The lowest BCUT2D eigenvalue weighted by molar-refractivity contribution is -0.114. The van der Waals surface area contributed by atoms with Crippen molar-refractivity contribution in [2.24, 2.45) is 5.10 Å². The van der Waals surface area contributed by atoms with Crippen molar-refractivity contribution in [3.8, 4) is 11.3 Å². The molecule has 0 saturated heterocycles. The Morgan fingerprint density at radius 1 is 0.969 bits per heavy atom. The van der Waals surface area contributed by atoms with Crippen molar-refractivity contribution >= 4 is 50.6 Å². The van der Waals surface area contributed by atoms with Gasteiger partial charge in [0.2, 0.25) is 5.13 Å². The molecular weight excluding hydrogens is 416 g/mol. The highest BCUT2D eigenvalue weighted by atomic mass is 32.1. The first-order valence-electron chi connectivity index (χ1n) is 10.3. The molecule has 0 atom stereocenters. The van der Waals surface area contributed by atoms with E-state index in [1.54, 1.807) is 0 Å². The molecule has 1 aromatic heterocycles. The Morgan fingerprint density at radius 3 is 2.47 bits per heavy atom. The molecule has 5 rings (SSSR count). The summed E-state index contributed by atoms with van der Waals surface area (Å²) in [4.78, 5) is 19.9. The molecule has 0 aliphatic carbocycles. The first-order valence-corrected chi connectivity index (χ1v) is 11.2. The number of nitrogens with zero attached hydrogens (tertiary/aromatic N) is 4. The van der Waals surface area contributed by atoms with Crippen LogP contribution in [-0.4, -0.2) is 30.7 Å². The number of hydrogen-bond acceptors (Lipinski definition) is 5. The van der Waals surface area contributed by atoms with Gasteiger partial charge in [0.1, 0.15) is 0 Å². The van der Waals surface area contributed by atoms with E-state index < -0.39 is 0 Å². The minimum atomic E-state index is -0.154. The summed E-state index contributed by atoms with van der Waals surface area (Å²) in [7, 11) is 4.01. The van der Waals surface area contributed by atoms with E-state index in [0.717, 1.165) is 27.9 Å². The van der Waals surface area contributed by atoms with Crippen molar-refractivity contribution in [3.63, 3.8) is 0 Å². The molecule has 0 spiro atoms. The van der Waals surface area contributed by atoms with Gasteiger partial charge in [-0.15, -0.1) is 11.3 Å². The molecule has 0 N–H and O–H groups in total. The zero-order valence-corrected chi connectivity index (χ0v) is 18.9. The molecule has 2 heterocycles. The maximum Gasteiger partial charge on any atom is 0.282 e. The number of carbonyl (C=O) groups excluding carboxylic acids is 1. The van der Waals surface area contributed by atoms with Crippen molar-refractivity contribution in [2.75, 3.05) is 24.0 Å². The van der Waals surface area contributed by atoms with Gasteiger partial charge >= 0.3 is 0 Å². The molecule has 0 radical (unpaired) electrons. The molecule has 1 aliphatic rings. The second kappa shape index (κ2) is 8.05. The molecular formula is C26H22N4OS. The average molecular weight is 439 g/mol. The zero-order valence-electron chi connectivity index (χ0n) is 18.1. The fourth-order valence-electron chi connectivity index (χ4n) is 3.69. The zero-order chi connectivity index (χ0) is 22.2. The van der Waals surface area contributed by atoms with Gasteiger partial charge in [0, 0.05) is 30.7 Å². The molecule has 6 heteroatoms. The van der Waals surface area contributed by atoms with Gasteiger partial charge in [-0.2, -0.15) is 10.1 Å². The first kappa shape index (κ1) is 20.2. The van der Waals surface area contributed by atoms with Gasteiger partial charge in [0.05, 0.1) is 17.0 Å². The topological polar surface area (TPSA) is 48.8 Å². The number of carbonyl (C=O) groups is 1. The van der Waals surface area contributed by atoms with Gasteiger partial charge < -0.3 is 4.90 Å². The Hall–Kier alpha value is -3.77. The summed E-state index contributed by atoms with van der Waals surface area (Å²) < 4.78 is 0. The highest BCUT2D eigenvalue weighted by Gasteiger charge is 2.30. The van der Waals surface area contributed by atoms with Crippen LogP contribution in [-0.2, 0) is 4.79 Å². The Labute approximate surface area is 190 Å². The molecule has 4 aromatic rings. The van der Waals surface area contributed by atoms with Gasteiger partial charge in [-0.05, 0) is 47.5 Å². The average Bonchev–Trinajstić information content (AvgIpc) is 3.40. The third kappa shape index (κ3) is 3.69. The predicted molar refractivity (Wildman–Crippen MR) is 134 cm³/mol. The minimum Gasteiger partial charge on any atom is -0.378 e. The van der Waals surface area contributed by atoms with E-state index in [1.165, 1.54) is 21.7 Å². The maximum atomic E-state index is 13.1. The molecule has 158 valence electrons. The number of hydrogen-bond donors (Lipinski definition) is 0. The number of thiazole rings is 1. The van der Waals surface area contributed by atoms with E-state index in [0.29, 0.717) is 16.4 Å². The van der Waals surface area contributed by atoms with Crippen LogP contribution in [0.5, 0.6) is 0 Å². The fourth-order valence-corrected chi connectivity index (χ4v) is 4.47. The van der Waals surface area contributed by atoms with Crippen LogP contribution in [0.2, 0.25) is 0 Å². The number of benzene rings is 3. The van der Waals surface area contributed by atoms with Crippen LogP contribution in [0.25, 0.3) is 28.1 Å². The van der Waals surface area contributed by atoms with Crippen molar-refractivity contribution in [2.45, 2.75) is 6.92 Å². The highest BCUT2D eigenvalue weighted by molar-refractivity contribution is 7.14. The Bertz CT molecular complexity index is 1380. The maximum absolute atomic E-state index is 13.1. The van der Waals surface area contributed by atoms with Gasteiger partial charge in [0.25, 0.3) is 5.91 Å². The smallest absolute Gasteiger partial charge is 0.282 e. The number of amides is 1. The molecule has 0 unspecified atom stereocenters. The Kier molecular flexibility index (Phi) is 5.07. The largest absolute Gasteiger partial charge is 0.378 e. The monoisotopic (exact) mass is 438 g/mol. The third-order valence-electron chi connectivity index (χ3n) is 5.50. The standard InChI is InChI=1S/C26H22N4OS/c1-17-23(14-18-8-12-22(13-9-18)29(2)3)25(31)30(28-17)26-27-24(16-32-26)21-11-10-19-6-4-5-7-20(19)15-21/h4-16H,1-3H3. The predicted octanol–water partition coefficient (Wildman–Crippen LogP) is 5.84. The summed E-state index contributed by atoms with van der Waals surface area (Å²) in [6, 6.07) is 22.6. The number of fused-ring (bicyclic) bond motifs is 1. The van der Waals surface area contributed by atoms with E-state index in [2.05, 4.69) is 35.4 Å². The van der Waals surface area contributed by atoms with Crippen LogP contribution in [0.3, 0.4) is 0 Å². The van der Waals surface area contributed by atoms with Crippen LogP contribution in [0.1, 0.15) is 12.5 Å². The van der Waals surface area contributed by atoms with E-state index in [1.807, 2.05) is 73.8 Å². The molecule has 1 amide bonds. The lowest BCUT2D eigenvalue weighted by Gasteiger charge is -2.12. The van der Waals surface area contributed by atoms with Crippen molar-refractivity contribution < 1.29 is 4.79 Å². The minimum absolute atomic E-state index is 0.154. The lowest BCUT2D eigenvalue weighted by Crippen LogP contribution is -2.21. The van der Waals surface area contributed by atoms with Crippen LogP contribution < -0.4 is 9.91 Å². The van der Waals surface area contributed by atoms with E-state index in [9.17, 15) is 4.79 Å². The third-order valence-corrected chi connectivity index (χ3v) is 6.32. The van der Waals surface area contributed by atoms with E-state index in [4.69, 9.17) is 4.98 Å². The summed E-state index contributed by atoms with van der Waals surface area (Å²) in [6.07, 6.45) is 1.89. The molecule has 3 aromatic carbocycles. The van der Waals surface area contributed by atoms with Crippen molar-refractivity contribution in [3.05, 3.63) is 83.2 Å². The van der Waals surface area contributed by atoms with Crippen LogP contribution >= 0.6 is 11.3 Å². The van der Waals surface area contributed by atoms with Gasteiger partial charge in [-0.1, -0.05) is 48.5 Å². The number of rotatable bonds is 4. The quantitative estimate of drug-likeness (QED) is 0.376. The van der Waals surface area contributed by atoms with Gasteiger partial charge in [-0.25, -0.2) is 4.98 Å². The van der Waals surface area contributed by atoms with Gasteiger partial charge in [-0.3, -0.25) is 4.79 Å². The van der Waals surface area contributed by atoms with Crippen LogP contribution in [0.15, 0.2) is 82.8 Å². The van der Waals surface area contributed by atoms with E-state index in [-0.39, 0.29) is 5.91 Å². The van der Waals surface area contributed by atoms with Crippen molar-refractivity contribution in [1.82, 2.24) is 4.98 Å². The molecule has 32 heavy (non-hydrogen) atoms. The number of aromatic nitrogens is 1. The second-order valence-electron chi connectivity index (χ2n) is 7.92. The Morgan fingerprint density at radius 2 is 1.72 bits per heavy atom. The summed E-state index contributed by atoms with van der Waals surface area (Å²) in [6.45, 7) is 1.86. The summed E-state index contributed by atoms with van der Waals surface area (Å²) in [5, 5.41) is 10.8. The SMILES string of the molecule is CC1=NN(c2nc(-c3ccc4ccccc4c3)cs2)C(=O)C1=Cc1ccc(N(C)C)cc1. The highest BCUT2D eigenvalue weighted by Crippen LogP contribution is 2.32. The summed E-state index contributed by atoms with van der Waals surface area (Å²) >= 11 is 1.42. The number of hydrazone groups is 1. The lowest BCUT2D eigenvalue weighted by atomic mass is 10.1. The molecule has 0 bridgehead atoms. The summed E-state index contributed by atoms with van der Waals surface area (Å²) in [5.74, 6) is -0.154. The molecule has 5 nitrogen and oxygen atoms in total. The molecule has 1 aliphatic heterocycles. The van der Waals surface area contributed by atoms with Crippen LogP contribution in [0, 0.1) is 0 Å². The molecule has 0 fully saturated rings. The fraction of sp³-hybridized carbons (Fsp3) is 0.115. The molecule has 0 saturated carbocycles. The van der Waals surface area contributed by atoms with E-state index >= 15 is 0 Å². The van der Waals surface area contributed by atoms with Crippen molar-refractivity contribution in [1.29, 1.82) is 0 Å². The number of anilines is 2.